The first-order valence-electron chi connectivity index (χ1n) is 7.97. The number of rotatable bonds is 5. The maximum Gasteiger partial charge on any atom is 0.263 e. The van der Waals surface area contributed by atoms with Crippen molar-refractivity contribution in [3.8, 4) is 0 Å². The molecule has 0 atom stereocenters. The van der Waals surface area contributed by atoms with E-state index in [1.54, 1.807) is 17.9 Å². The van der Waals surface area contributed by atoms with Crippen molar-refractivity contribution in [3.05, 3.63) is 57.8 Å². The standard InChI is InChI=1S/C17H18FN5O2/c1-3-23(17(25)12-9-19-10(2)20-16(12)24)7-6-15-21-13-5-4-11(18)8-14(13)22-15/h4-5,8-9H,3,6-7H2,1-2H3,(H,21,22)(H,19,20,24). The van der Waals surface area contributed by atoms with Crippen molar-refractivity contribution >= 4 is 16.9 Å². The summed E-state index contributed by atoms with van der Waals surface area (Å²) in [5, 5.41) is 0. The van der Waals surface area contributed by atoms with Crippen LogP contribution in [0.1, 0.15) is 28.9 Å². The summed E-state index contributed by atoms with van der Waals surface area (Å²) in [7, 11) is 0. The number of amides is 1. The Labute approximate surface area is 142 Å². The molecule has 0 radical (unpaired) electrons. The summed E-state index contributed by atoms with van der Waals surface area (Å²) >= 11 is 0. The Morgan fingerprint density at radius 1 is 1.32 bits per heavy atom. The van der Waals surface area contributed by atoms with Crippen LogP contribution in [0.4, 0.5) is 4.39 Å². The number of H-pyrrole nitrogens is 2. The maximum absolute atomic E-state index is 13.2. The van der Waals surface area contributed by atoms with E-state index < -0.39 is 5.56 Å². The lowest BCUT2D eigenvalue weighted by molar-refractivity contribution is 0.0763. The number of halogens is 1. The quantitative estimate of drug-likeness (QED) is 0.738. The van der Waals surface area contributed by atoms with E-state index in [-0.39, 0.29) is 17.3 Å². The van der Waals surface area contributed by atoms with E-state index in [0.717, 1.165) is 0 Å². The number of nitrogens with one attached hydrogen (secondary N) is 2. The van der Waals surface area contributed by atoms with Gasteiger partial charge in [-0.2, -0.15) is 0 Å². The number of benzene rings is 1. The molecule has 0 fully saturated rings. The molecule has 0 saturated heterocycles. The SMILES string of the molecule is CCN(CCc1nc2ccc(F)cc2[nH]1)C(=O)c1cnc(C)[nH]c1=O. The summed E-state index contributed by atoms with van der Waals surface area (Å²) in [6.07, 6.45) is 1.76. The summed E-state index contributed by atoms with van der Waals surface area (Å²) in [4.78, 5) is 39.9. The lowest BCUT2D eigenvalue weighted by Crippen LogP contribution is -2.36. The Morgan fingerprint density at radius 3 is 2.84 bits per heavy atom. The van der Waals surface area contributed by atoms with Gasteiger partial charge in [0, 0.05) is 25.7 Å². The first-order valence-corrected chi connectivity index (χ1v) is 7.97. The molecule has 0 aliphatic carbocycles. The molecule has 0 aliphatic rings. The zero-order chi connectivity index (χ0) is 18.0. The molecule has 1 amide bonds. The van der Waals surface area contributed by atoms with Crippen LogP contribution in [0.5, 0.6) is 0 Å². The van der Waals surface area contributed by atoms with Gasteiger partial charge in [-0.15, -0.1) is 0 Å². The third-order valence-corrected chi connectivity index (χ3v) is 3.94. The predicted octanol–water partition coefficient (Wildman–Crippen LogP) is 1.80. The number of hydrogen-bond donors (Lipinski definition) is 2. The lowest BCUT2D eigenvalue weighted by atomic mass is 10.2. The van der Waals surface area contributed by atoms with Crippen molar-refractivity contribution in [3.63, 3.8) is 0 Å². The van der Waals surface area contributed by atoms with Crippen molar-refractivity contribution in [2.24, 2.45) is 0 Å². The molecule has 0 unspecified atom stereocenters. The lowest BCUT2D eigenvalue weighted by Gasteiger charge is -2.19. The van der Waals surface area contributed by atoms with Crippen LogP contribution in [0.3, 0.4) is 0 Å². The number of aryl methyl sites for hydroxylation is 1. The number of hydrogen-bond acceptors (Lipinski definition) is 4. The summed E-state index contributed by atoms with van der Waals surface area (Å²) in [6, 6.07) is 4.34. The van der Waals surface area contributed by atoms with E-state index in [0.29, 0.717) is 42.2 Å². The van der Waals surface area contributed by atoms with Gasteiger partial charge in [0.2, 0.25) is 0 Å². The van der Waals surface area contributed by atoms with Crippen LogP contribution in [0, 0.1) is 12.7 Å². The average Bonchev–Trinajstić information content (AvgIpc) is 2.97. The summed E-state index contributed by atoms with van der Waals surface area (Å²) in [5.41, 5.74) is 0.850. The molecule has 2 N–H and O–H groups in total. The minimum absolute atomic E-state index is 0.0131. The third kappa shape index (κ3) is 3.57. The van der Waals surface area contributed by atoms with Crippen LogP contribution in [-0.2, 0) is 6.42 Å². The normalized spacial score (nSPS) is 11.0. The van der Waals surface area contributed by atoms with Crippen LogP contribution in [0.2, 0.25) is 0 Å². The molecule has 2 aromatic heterocycles. The topological polar surface area (TPSA) is 94.7 Å². The Bertz CT molecular complexity index is 979. The first-order chi connectivity index (χ1) is 12.0. The Hall–Kier alpha value is -3.03. The second-order valence-electron chi connectivity index (χ2n) is 5.69. The summed E-state index contributed by atoms with van der Waals surface area (Å²) < 4.78 is 13.2. The second kappa shape index (κ2) is 6.84. The molecule has 0 bridgehead atoms. The van der Waals surface area contributed by atoms with Gasteiger partial charge >= 0.3 is 0 Å². The summed E-state index contributed by atoms with van der Waals surface area (Å²) in [5.74, 6) is 0.402. The Balaban J connectivity index is 1.74. The molecule has 2 heterocycles. The van der Waals surface area contributed by atoms with Gasteiger partial charge in [-0.3, -0.25) is 9.59 Å². The van der Waals surface area contributed by atoms with Gasteiger partial charge in [-0.1, -0.05) is 0 Å². The zero-order valence-corrected chi connectivity index (χ0v) is 14.0. The van der Waals surface area contributed by atoms with Gasteiger partial charge < -0.3 is 14.9 Å². The highest BCUT2D eigenvalue weighted by Crippen LogP contribution is 2.13. The fourth-order valence-corrected chi connectivity index (χ4v) is 2.60. The molecule has 3 rings (SSSR count). The van der Waals surface area contributed by atoms with E-state index in [1.807, 2.05) is 6.92 Å². The van der Waals surface area contributed by atoms with Crippen molar-refractivity contribution in [2.45, 2.75) is 20.3 Å². The maximum atomic E-state index is 13.2. The second-order valence-corrected chi connectivity index (χ2v) is 5.69. The van der Waals surface area contributed by atoms with Crippen LogP contribution in [0.15, 0.2) is 29.2 Å². The molecule has 0 spiro atoms. The fraction of sp³-hybridized carbons (Fsp3) is 0.294. The predicted molar refractivity (Wildman–Crippen MR) is 90.9 cm³/mol. The monoisotopic (exact) mass is 343 g/mol. The largest absolute Gasteiger partial charge is 0.342 e. The van der Waals surface area contributed by atoms with Gasteiger partial charge in [0.15, 0.2) is 0 Å². The fourth-order valence-electron chi connectivity index (χ4n) is 2.60. The number of carbonyl (C=O) groups excluding carboxylic acids is 1. The number of likely N-dealkylation sites (N-methyl/N-ethyl adjacent to an activating group) is 1. The van der Waals surface area contributed by atoms with Crippen molar-refractivity contribution in [1.82, 2.24) is 24.8 Å². The average molecular weight is 343 g/mol. The van der Waals surface area contributed by atoms with Gasteiger partial charge in [0.25, 0.3) is 11.5 Å². The molecule has 25 heavy (non-hydrogen) atoms. The smallest absolute Gasteiger partial charge is 0.263 e. The number of nitrogens with zero attached hydrogens (tertiary/aromatic N) is 3. The van der Waals surface area contributed by atoms with E-state index in [2.05, 4.69) is 19.9 Å². The van der Waals surface area contributed by atoms with Gasteiger partial charge in [-0.25, -0.2) is 14.4 Å². The van der Waals surface area contributed by atoms with Gasteiger partial charge in [-0.05, 0) is 32.0 Å². The zero-order valence-electron chi connectivity index (χ0n) is 14.0. The van der Waals surface area contributed by atoms with Crippen molar-refractivity contribution < 1.29 is 9.18 Å². The molecule has 0 aliphatic heterocycles. The molecule has 0 saturated carbocycles. The number of imidazole rings is 1. The van der Waals surface area contributed by atoms with Gasteiger partial charge in [0.05, 0.1) is 11.0 Å². The van der Waals surface area contributed by atoms with E-state index in [4.69, 9.17) is 0 Å². The molecule has 7 nitrogen and oxygen atoms in total. The van der Waals surface area contributed by atoms with E-state index in [1.165, 1.54) is 18.3 Å². The van der Waals surface area contributed by atoms with E-state index >= 15 is 0 Å². The molecule has 8 heteroatoms. The molecule has 130 valence electrons. The molecule has 1 aromatic carbocycles. The summed E-state index contributed by atoms with van der Waals surface area (Å²) in [6.45, 7) is 4.31. The Morgan fingerprint density at radius 2 is 2.12 bits per heavy atom. The number of aromatic nitrogens is 4. The number of carbonyl (C=O) groups is 1. The van der Waals surface area contributed by atoms with Crippen LogP contribution < -0.4 is 5.56 Å². The third-order valence-electron chi connectivity index (χ3n) is 3.94. The highest BCUT2D eigenvalue weighted by atomic mass is 19.1. The molecular weight excluding hydrogens is 325 g/mol. The number of aromatic amines is 2. The first kappa shape index (κ1) is 16.8. The van der Waals surface area contributed by atoms with Gasteiger partial charge in [0.1, 0.15) is 23.0 Å². The van der Waals surface area contributed by atoms with Crippen molar-refractivity contribution in [1.29, 1.82) is 0 Å². The minimum atomic E-state index is -0.449. The van der Waals surface area contributed by atoms with Crippen LogP contribution in [0.25, 0.3) is 11.0 Å². The highest BCUT2D eigenvalue weighted by Gasteiger charge is 2.18. The van der Waals surface area contributed by atoms with Crippen molar-refractivity contribution in [2.75, 3.05) is 13.1 Å². The van der Waals surface area contributed by atoms with Crippen LogP contribution in [-0.4, -0.2) is 43.8 Å². The minimum Gasteiger partial charge on any atom is -0.342 e. The molecular formula is C17H18FN5O2. The van der Waals surface area contributed by atoms with E-state index in [9.17, 15) is 14.0 Å². The van der Waals surface area contributed by atoms with Crippen LogP contribution >= 0.6 is 0 Å². The number of fused-ring (bicyclic) bond motifs is 1. The molecule has 3 aromatic rings. The Kier molecular flexibility index (Phi) is 4.60. The highest BCUT2D eigenvalue weighted by molar-refractivity contribution is 5.93.